The summed E-state index contributed by atoms with van der Waals surface area (Å²) in [5.41, 5.74) is 0. The van der Waals surface area contributed by atoms with Crippen LogP contribution in [0.3, 0.4) is 0 Å². The molecule has 0 radical (unpaired) electrons. The van der Waals surface area contributed by atoms with E-state index in [9.17, 15) is 4.39 Å². The Balaban J connectivity index is 0.00000312. The van der Waals surface area contributed by atoms with Crippen molar-refractivity contribution in [1.82, 2.24) is 15.5 Å². The minimum atomic E-state index is -0.298. The summed E-state index contributed by atoms with van der Waals surface area (Å²) in [6.45, 7) is 7.85. The number of ether oxygens (including phenoxy) is 2. The van der Waals surface area contributed by atoms with Crippen LogP contribution in [0.2, 0.25) is 0 Å². The van der Waals surface area contributed by atoms with Crippen molar-refractivity contribution >= 4 is 29.9 Å². The van der Waals surface area contributed by atoms with E-state index >= 15 is 0 Å². The zero-order valence-corrected chi connectivity index (χ0v) is 17.2. The Bertz CT molecular complexity index is 527. The van der Waals surface area contributed by atoms with Crippen LogP contribution < -0.4 is 15.4 Å². The SMILES string of the molecule is CN=C(NCCN1CCOCC1)NCC(C)Oc1cccc(F)c1.I. The second-order valence-corrected chi connectivity index (χ2v) is 5.72. The molecule has 1 aliphatic rings. The van der Waals surface area contributed by atoms with Crippen LogP contribution in [0.15, 0.2) is 29.3 Å². The molecule has 25 heavy (non-hydrogen) atoms. The molecule has 0 bridgehead atoms. The number of morpholine rings is 1. The predicted molar refractivity (Wildman–Crippen MR) is 109 cm³/mol. The summed E-state index contributed by atoms with van der Waals surface area (Å²) in [5.74, 6) is 0.964. The number of hydrogen-bond donors (Lipinski definition) is 2. The average molecular weight is 466 g/mol. The van der Waals surface area contributed by atoms with Crippen molar-refractivity contribution in [3.05, 3.63) is 30.1 Å². The molecular formula is C17H28FIN4O2. The highest BCUT2D eigenvalue weighted by molar-refractivity contribution is 14.0. The van der Waals surface area contributed by atoms with Crippen molar-refractivity contribution < 1.29 is 13.9 Å². The van der Waals surface area contributed by atoms with Crippen LogP contribution in [0.4, 0.5) is 4.39 Å². The molecule has 1 aliphatic heterocycles. The molecule has 1 unspecified atom stereocenters. The van der Waals surface area contributed by atoms with Gasteiger partial charge in [-0.25, -0.2) is 4.39 Å². The van der Waals surface area contributed by atoms with Gasteiger partial charge >= 0.3 is 0 Å². The van der Waals surface area contributed by atoms with E-state index in [-0.39, 0.29) is 35.9 Å². The third-order valence-electron chi connectivity index (χ3n) is 3.74. The lowest BCUT2D eigenvalue weighted by Gasteiger charge is -2.26. The molecule has 2 N–H and O–H groups in total. The van der Waals surface area contributed by atoms with Gasteiger partial charge in [-0.1, -0.05) is 6.07 Å². The quantitative estimate of drug-likeness (QED) is 0.364. The zero-order chi connectivity index (χ0) is 17.2. The molecule has 1 heterocycles. The monoisotopic (exact) mass is 466 g/mol. The lowest BCUT2D eigenvalue weighted by molar-refractivity contribution is 0.0389. The van der Waals surface area contributed by atoms with E-state index in [2.05, 4.69) is 20.5 Å². The molecule has 0 aliphatic carbocycles. The van der Waals surface area contributed by atoms with Gasteiger partial charge in [0.05, 0.1) is 19.8 Å². The van der Waals surface area contributed by atoms with Crippen LogP contribution >= 0.6 is 24.0 Å². The van der Waals surface area contributed by atoms with E-state index in [1.165, 1.54) is 12.1 Å². The van der Waals surface area contributed by atoms with E-state index in [0.717, 1.165) is 45.4 Å². The minimum Gasteiger partial charge on any atom is -0.489 e. The van der Waals surface area contributed by atoms with Crippen LogP contribution in [0.5, 0.6) is 5.75 Å². The Morgan fingerprint density at radius 2 is 2.12 bits per heavy atom. The maximum Gasteiger partial charge on any atom is 0.191 e. The van der Waals surface area contributed by atoms with E-state index in [4.69, 9.17) is 9.47 Å². The number of nitrogens with one attached hydrogen (secondary N) is 2. The molecule has 2 rings (SSSR count). The fourth-order valence-electron chi connectivity index (χ4n) is 2.43. The first-order chi connectivity index (χ1) is 11.7. The first kappa shape index (κ1) is 21.9. The van der Waals surface area contributed by atoms with Gasteiger partial charge in [0.15, 0.2) is 5.96 Å². The van der Waals surface area contributed by atoms with Crippen molar-refractivity contribution in [1.29, 1.82) is 0 Å². The van der Waals surface area contributed by atoms with E-state index in [1.54, 1.807) is 19.2 Å². The molecule has 8 heteroatoms. The highest BCUT2D eigenvalue weighted by Crippen LogP contribution is 2.13. The molecule has 1 aromatic carbocycles. The molecule has 0 saturated carbocycles. The molecular weight excluding hydrogens is 438 g/mol. The molecule has 0 spiro atoms. The highest BCUT2D eigenvalue weighted by Gasteiger charge is 2.10. The molecule has 0 aromatic heterocycles. The third-order valence-corrected chi connectivity index (χ3v) is 3.74. The van der Waals surface area contributed by atoms with Crippen molar-refractivity contribution in [2.45, 2.75) is 13.0 Å². The van der Waals surface area contributed by atoms with Gasteiger partial charge in [0.25, 0.3) is 0 Å². The van der Waals surface area contributed by atoms with Crippen LogP contribution in [-0.2, 0) is 4.74 Å². The van der Waals surface area contributed by atoms with Crippen LogP contribution in [0.1, 0.15) is 6.92 Å². The van der Waals surface area contributed by atoms with Crippen LogP contribution in [-0.4, -0.2) is 69.9 Å². The van der Waals surface area contributed by atoms with Gasteiger partial charge < -0.3 is 20.1 Å². The van der Waals surface area contributed by atoms with Crippen molar-refractivity contribution in [2.75, 3.05) is 53.0 Å². The number of rotatable bonds is 7. The number of hydrogen-bond acceptors (Lipinski definition) is 4. The van der Waals surface area contributed by atoms with Gasteiger partial charge in [-0.2, -0.15) is 0 Å². The standard InChI is InChI=1S/C17H27FN4O2.HI/c1-14(24-16-5-3-4-15(18)12-16)13-21-17(19-2)20-6-7-22-8-10-23-11-9-22;/h3-5,12,14H,6-11,13H2,1-2H3,(H2,19,20,21);1H. The van der Waals surface area contributed by atoms with Gasteiger partial charge in [0, 0.05) is 39.3 Å². The van der Waals surface area contributed by atoms with Crippen molar-refractivity contribution in [2.24, 2.45) is 4.99 Å². The minimum absolute atomic E-state index is 0. The van der Waals surface area contributed by atoms with Gasteiger partial charge in [0.1, 0.15) is 17.7 Å². The average Bonchev–Trinajstić information content (AvgIpc) is 2.59. The predicted octanol–water partition coefficient (Wildman–Crippen LogP) is 1.71. The Hall–Kier alpha value is -1.13. The van der Waals surface area contributed by atoms with Crippen LogP contribution in [0, 0.1) is 5.82 Å². The van der Waals surface area contributed by atoms with Gasteiger partial charge in [-0.3, -0.25) is 9.89 Å². The summed E-state index contributed by atoms with van der Waals surface area (Å²) in [5, 5.41) is 6.50. The molecule has 142 valence electrons. The fourth-order valence-corrected chi connectivity index (χ4v) is 2.43. The summed E-state index contributed by atoms with van der Waals surface area (Å²) in [6, 6.07) is 6.16. The maximum absolute atomic E-state index is 13.1. The fraction of sp³-hybridized carbons (Fsp3) is 0.588. The van der Waals surface area contributed by atoms with E-state index in [1.807, 2.05) is 6.92 Å². The molecule has 1 atom stereocenters. The zero-order valence-electron chi connectivity index (χ0n) is 14.8. The topological polar surface area (TPSA) is 58.1 Å². The second kappa shape index (κ2) is 12.3. The van der Waals surface area contributed by atoms with Gasteiger partial charge in [-0.15, -0.1) is 24.0 Å². The lowest BCUT2D eigenvalue weighted by atomic mass is 10.3. The largest absolute Gasteiger partial charge is 0.489 e. The normalized spacial score (nSPS) is 16.7. The summed E-state index contributed by atoms with van der Waals surface area (Å²) < 4.78 is 24.2. The molecule has 1 saturated heterocycles. The van der Waals surface area contributed by atoms with Gasteiger partial charge in [0.2, 0.25) is 0 Å². The van der Waals surface area contributed by atoms with Crippen LogP contribution in [0.25, 0.3) is 0 Å². The van der Waals surface area contributed by atoms with Gasteiger partial charge in [-0.05, 0) is 19.1 Å². The number of benzene rings is 1. The Morgan fingerprint density at radius 3 is 2.80 bits per heavy atom. The Kier molecular flexibility index (Phi) is 10.7. The Morgan fingerprint density at radius 1 is 1.36 bits per heavy atom. The number of nitrogens with zero attached hydrogens (tertiary/aromatic N) is 2. The lowest BCUT2D eigenvalue weighted by Crippen LogP contribution is -2.46. The number of guanidine groups is 1. The summed E-state index contributed by atoms with van der Waals surface area (Å²) in [6.07, 6.45) is -0.107. The summed E-state index contributed by atoms with van der Waals surface area (Å²) in [7, 11) is 1.74. The van der Waals surface area contributed by atoms with Crippen molar-refractivity contribution in [3.63, 3.8) is 0 Å². The van der Waals surface area contributed by atoms with E-state index < -0.39 is 0 Å². The number of aliphatic imine (C=N–C) groups is 1. The highest BCUT2D eigenvalue weighted by atomic mass is 127. The summed E-state index contributed by atoms with van der Waals surface area (Å²) >= 11 is 0. The molecule has 6 nitrogen and oxygen atoms in total. The smallest absolute Gasteiger partial charge is 0.191 e. The van der Waals surface area contributed by atoms with Crippen molar-refractivity contribution in [3.8, 4) is 5.75 Å². The number of halogens is 2. The maximum atomic E-state index is 13.1. The summed E-state index contributed by atoms with van der Waals surface area (Å²) in [4.78, 5) is 6.56. The molecule has 0 amide bonds. The second-order valence-electron chi connectivity index (χ2n) is 5.72. The Labute approximate surface area is 166 Å². The third kappa shape index (κ3) is 8.68. The van der Waals surface area contributed by atoms with E-state index in [0.29, 0.717) is 12.3 Å². The molecule has 1 fully saturated rings. The first-order valence-electron chi connectivity index (χ1n) is 8.34. The first-order valence-corrected chi connectivity index (χ1v) is 8.34. The molecule has 1 aromatic rings.